The molecular formula is C14H20N2O. The van der Waals surface area contributed by atoms with Crippen LogP contribution in [0.5, 0.6) is 0 Å². The van der Waals surface area contributed by atoms with Crippen LogP contribution in [0.3, 0.4) is 0 Å². The van der Waals surface area contributed by atoms with E-state index >= 15 is 0 Å². The molecule has 0 bridgehead atoms. The average Bonchev–Trinajstić information content (AvgIpc) is 2.72. The van der Waals surface area contributed by atoms with E-state index in [9.17, 15) is 4.79 Å². The fourth-order valence-corrected chi connectivity index (χ4v) is 2.05. The van der Waals surface area contributed by atoms with Gasteiger partial charge in [-0.3, -0.25) is 4.79 Å². The minimum Gasteiger partial charge on any atom is -0.398 e. The van der Waals surface area contributed by atoms with E-state index in [-0.39, 0.29) is 12.9 Å². The largest absolute Gasteiger partial charge is 0.398 e. The van der Waals surface area contributed by atoms with E-state index in [1.807, 2.05) is 6.07 Å². The molecule has 3 nitrogen and oxygen atoms in total. The number of benzene rings is 1. The Hall–Kier alpha value is -1.35. The van der Waals surface area contributed by atoms with Crippen LogP contribution in [-0.2, 0) is 6.42 Å². The SMILES string of the molecule is [2H]C[C@@H]1CCC([2H])([2H])N1CCc1ccc(N)c(C=O)c1. The van der Waals surface area contributed by atoms with E-state index < -0.39 is 6.50 Å². The second-order valence-corrected chi connectivity index (χ2v) is 4.38. The summed E-state index contributed by atoms with van der Waals surface area (Å²) in [5.41, 5.74) is 7.58. The molecule has 0 aliphatic carbocycles. The number of hydrogen-bond acceptors (Lipinski definition) is 3. The first-order valence-electron chi connectivity index (χ1n) is 7.58. The van der Waals surface area contributed by atoms with E-state index in [1.165, 1.54) is 0 Å². The van der Waals surface area contributed by atoms with Crippen molar-refractivity contribution in [1.29, 1.82) is 0 Å². The number of aldehydes is 1. The molecule has 1 heterocycles. The molecule has 92 valence electrons. The van der Waals surface area contributed by atoms with Crippen molar-refractivity contribution in [3.8, 4) is 0 Å². The van der Waals surface area contributed by atoms with Crippen LogP contribution in [0.4, 0.5) is 5.69 Å². The van der Waals surface area contributed by atoms with Crippen molar-refractivity contribution in [2.75, 3.05) is 18.8 Å². The van der Waals surface area contributed by atoms with Crippen molar-refractivity contribution < 1.29 is 8.91 Å². The van der Waals surface area contributed by atoms with Crippen molar-refractivity contribution in [2.45, 2.75) is 32.2 Å². The highest BCUT2D eigenvalue weighted by Gasteiger charge is 2.19. The van der Waals surface area contributed by atoms with Gasteiger partial charge in [-0.2, -0.15) is 0 Å². The maximum absolute atomic E-state index is 10.9. The van der Waals surface area contributed by atoms with Crippen molar-refractivity contribution in [1.82, 2.24) is 4.90 Å². The van der Waals surface area contributed by atoms with Gasteiger partial charge in [0.2, 0.25) is 0 Å². The van der Waals surface area contributed by atoms with E-state index in [2.05, 4.69) is 0 Å². The summed E-state index contributed by atoms with van der Waals surface area (Å²) in [4.78, 5) is 12.6. The van der Waals surface area contributed by atoms with Crippen LogP contribution >= 0.6 is 0 Å². The zero-order chi connectivity index (χ0) is 14.8. The summed E-state index contributed by atoms with van der Waals surface area (Å²) in [6.45, 7) is -0.549. The quantitative estimate of drug-likeness (QED) is 0.642. The summed E-state index contributed by atoms with van der Waals surface area (Å²) in [5.74, 6) is 0. The summed E-state index contributed by atoms with van der Waals surface area (Å²) in [7, 11) is 0. The predicted molar refractivity (Wildman–Crippen MR) is 70.2 cm³/mol. The first-order chi connectivity index (χ1) is 9.47. The molecule has 1 fully saturated rings. The number of anilines is 1. The third kappa shape index (κ3) is 2.86. The van der Waals surface area contributed by atoms with Gasteiger partial charge in [0.25, 0.3) is 0 Å². The zero-order valence-corrected chi connectivity index (χ0v) is 9.86. The standard InChI is InChI=1S/C14H20N2O/c1-11-3-2-7-16(11)8-6-12-4-5-14(15)13(9-12)10-17/h4-5,9-11H,2-3,6-8,15H2,1H3/t11-/m1/s1/i1D,7D2. The molecule has 1 aliphatic rings. The minimum atomic E-state index is -1.33. The number of nitrogens with two attached hydrogens (primary N) is 1. The number of carbonyl (C=O) groups is 1. The second kappa shape index (κ2) is 5.32. The van der Waals surface area contributed by atoms with Crippen molar-refractivity contribution in [2.24, 2.45) is 0 Å². The molecule has 0 amide bonds. The lowest BCUT2D eigenvalue weighted by Crippen LogP contribution is -2.28. The van der Waals surface area contributed by atoms with Gasteiger partial charge in [0.1, 0.15) is 0 Å². The molecule has 1 saturated heterocycles. The normalized spacial score (nSPS) is 26.1. The van der Waals surface area contributed by atoms with Crippen LogP contribution in [-0.4, -0.2) is 30.3 Å². The third-order valence-corrected chi connectivity index (χ3v) is 3.15. The van der Waals surface area contributed by atoms with E-state index in [1.54, 1.807) is 17.0 Å². The molecule has 1 aromatic carbocycles. The summed E-state index contributed by atoms with van der Waals surface area (Å²) < 4.78 is 23.5. The van der Waals surface area contributed by atoms with Gasteiger partial charge in [-0.1, -0.05) is 6.07 Å². The second-order valence-electron chi connectivity index (χ2n) is 4.38. The maximum atomic E-state index is 10.9. The molecule has 0 unspecified atom stereocenters. The molecular weight excluding hydrogens is 212 g/mol. The van der Waals surface area contributed by atoms with Crippen molar-refractivity contribution in [3.05, 3.63) is 29.3 Å². The Kier molecular flexibility index (Phi) is 2.72. The first-order valence-corrected chi connectivity index (χ1v) is 5.87. The Labute approximate surface area is 107 Å². The highest BCUT2D eigenvalue weighted by Crippen LogP contribution is 2.18. The Morgan fingerprint density at radius 2 is 2.59 bits per heavy atom. The van der Waals surface area contributed by atoms with Crippen LogP contribution in [0.1, 0.15) is 39.8 Å². The third-order valence-electron chi connectivity index (χ3n) is 3.15. The number of likely N-dealkylation sites (tertiary alicyclic amines) is 1. The predicted octanol–water partition coefficient (Wildman–Crippen LogP) is 2.11. The molecule has 1 aromatic rings. The topological polar surface area (TPSA) is 46.3 Å². The lowest BCUT2D eigenvalue weighted by Gasteiger charge is -2.20. The Morgan fingerprint density at radius 1 is 1.71 bits per heavy atom. The van der Waals surface area contributed by atoms with Gasteiger partial charge in [-0.05, 0) is 50.4 Å². The van der Waals surface area contributed by atoms with Gasteiger partial charge in [0, 0.05) is 27.9 Å². The Balaban J connectivity index is 2.06. The minimum absolute atomic E-state index is 0.00989. The summed E-state index contributed by atoms with van der Waals surface area (Å²) in [5, 5.41) is 0. The number of nitrogen functional groups attached to an aromatic ring is 1. The number of hydrogen-bond donors (Lipinski definition) is 1. The number of nitrogens with zero attached hydrogens (tertiary/aromatic N) is 1. The fraction of sp³-hybridized carbons (Fsp3) is 0.500. The van der Waals surface area contributed by atoms with Gasteiger partial charge in [-0.15, -0.1) is 0 Å². The Morgan fingerprint density at radius 3 is 3.35 bits per heavy atom. The van der Waals surface area contributed by atoms with E-state index in [0.717, 1.165) is 18.3 Å². The van der Waals surface area contributed by atoms with Gasteiger partial charge < -0.3 is 10.6 Å². The van der Waals surface area contributed by atoms with Gasteiger partial charge in [0.15, 0.2) is 6.29 Å². The number of carbonyl (C=O) groups excluding carboxylic acids is 1. The van der Waals surface area contributed by atoms with Crippen LogP contribution in [0.25, 0.3) is 0 Å². The fourth-order valence-electron chi connectivity index (χ4n) is 2.05. The maximum Gasteiger partial charge on any atom is 0.152 e. The number of rotatable bonds is 4. The van der Waals surface area contributed by atoms with Crippen LogP contribution in [0.15, 0.2) is 18.2 Å². The summed E-state index contributed by atoms with van der Waals surface area (Å²) in [6.07, 6.45) is 2.60. The van der Waals surface area contributed by atoms with Gasteiger partial charge in [-0.25, -0.2) is 0 Å². The first kappa shape index (κ1) is 8.70. The molecule has 1 atom stereocenters. The highest BCUT2D eigenvalue weighted by molar-refractivity contribution is 5.83. The monoisotopic (exact) mass is 235 g/mol. The molecule has 17 heavy (non-hydrogen) atoms. The lowest BCUT2D eigenvalue weighted by molar-refractivity contribution is 0.112. The van der Waals surface area contributed by atoms with Gasteiger partial charge in [0.05, 0.1) is 0 Å². The Bertz CT molecular complexity index is 493. The molecule has 3 heteroatoms. The summed E-state index contributed by atoms with van der Waals surface area (Å²) in [6, 6.07) is 5.32. The molecule has 1 aliphatic heterocycles. The van der Waals surface area contributed by atoms with E-state index in [0.29, 0.717) is 30.6 Å². The van der Waals surface area contributed by atoms with Crippen molar-refractivity contribution >= 4 is 12.0 Å². The molecule has 0 saturated carbocycles. The highest BCUT2D eigenvalue weighted by atomic mass is 16.1. The molecule has 0 aromatic heterocycles. The van der Waals surface area contributed by atoms with Crippen LogP contribution < -0.4 is 5.73 Å². The van der Waals surface area contributed by atoms with Gasteiger partial charge >= 0.3 is 0 Å². The van der Waals surface area contributed by atoms with E-state index in [4.69, 9.17) is 9.85 Å². The molecule has 0 radical (unpaired) electrons. The molecule has 2 N–H and O–H groups in total. The molecule has 2 rings (SSSR count). The van der Waals surface area contributed by atoms with Crippen molar-refractivity contribution in [3.63, 3.8) is 0 Å². The lowest BCUT2D eigenvalue weighted by atomic mass is 10.1. The van der Waals surface area contributed by atoms with Crippen LogP contribution in [0, 0.1) is 0 Å². The zero-order valence-electron chi connectivity index (χ0n) is 12.9. The molecule has 0 spiro atoms. The van der Waals surface area contributed by atoms with Crippen LogP contribution in [0.2, 0.25) is 0 Å². The smallest absolute Gasteiger partial charge is 0.152 e. The summed E-state index contributed by atoms with van der Waals surface area (Å²) >= 11 is 0. The average molecular weight is 235 g/mol.